The summed E-state index contributed by atoms with van der Waals surface area (Å²) in [6.45, 7) is 9.23. The topological polar surface area (TPSA) is 129 Å². The van der Waals surface area contributed by atoms with Gasteiger partial charge in [0, 0.05) is 44.8 Å². The van der Waals surface area contributed by atoms with Crippen molar-refractivity contribution < 1.29 is 32.6 Å². The monoisotopic (exact) mass is 674 g/mol. The Morgan fingerprint density at radius 3 is 2.47 bits per heavy atom. The molecule has 2 aromatic carbocycles. The minimum absolute atomic E-state index is 0.0410. The molecule has 0 unspecified atom stereocenters. The quantitative estimate of drug-likeness (QED) is 0.359. The maximum absolute atomic E-state index is 14.3. The molecule has 0 fully saturated rings. The third kappa shape index (κ3) is 11.5. The molecule has 0 saturated heterocycles. The Morgan fingerprint density at radius 1 is 1.11 bits per heavy atom. The maximum Gasteiger partial charge on any atom is 0.261 e. The summed E-state index contributed by atoms with van der Waals surface area (Å²) in [6, 6.07) is 10.7. The van der Waals surface area contributed by atoms with Gasteiger partial charge in [-0.2, -0.15) is 0 Å². The van der Waals surface area contributed by atoms with E-state index in [1.807, 2.05) is 34.9 Å². The van der Waals surface area contributed by atoms with E-state index in [0.717, 1.165) is 37.8 Å². The van der Waals surface area contributed by atoms with Gasteiger partial charge in [0.1, 0.15) is 5.75 Å². The van der Waals surface area contributed by atoms with Gasteiger partial charge in [-0.3, -0.25) is 14.3 Å². The van der Waals surface area contributed by atoms with Crippen molar-refractivity contribution in [3.05, 3.63) is 53.6 Å². The highest BCUT2D eigenvalue weighted by Crippen LogP contribution is 2.29. The molecule has 2 amide bonds. The van der Waals surface area contributed by atoms with E-state index in [4.69, 9.17) is 9.47 Å². The second-order valence-electron chi connectivity index (χ2n) is 13.1. The molecule has 0 bridgehead atoms. The molecule has 0 aromatic heterocycles. The van der Waals surface area contributed by atoms with E-state index < -0.39 is 22.0 Å². The number of aliphatic hydroxyl groups is 1. The summed E-state index contributed by atoms with van der Waals surface area (Å²) in [5.74, 6) is -0.212. The van der Waals surface area contributed by atoms with Crippen molar-refractivity contribution in [1.82, 2.24) is 14.7 Å². The van der Waals surface area contributed by atoms with Crippen LogP contribution in [0.4, 0.5) is 5.69 Å². The van der Waals surface area contributed by atoms with Crippen molar-refractivity contribution >= 4 is 27.5 Å². The minimum Gasteiger partial charge on any atom is -0.490 e. The van der Waals surface area contributed by atoms with Crippen LogP contribution in [0.2, 0.25) is 0 Å². The average molecular weight is 675 g/mol. The fraction of sp³-hybridized carbons (Fsp3) is 0.600. The third-order valence-electron chi connectivity index (χ3n) is 8.51. The van der Waals surface area contributed by atoms with Crippen LogP contribution in [0.3, 0.4) is 0 Å². The molecule has 12 heteroatoms. The number of nitrogens with zero attached hydrogens (tertiary/aromatic N) is 3. The van der Waals surface area contributed by atoms with Gasteiger partial charge in [0.05, 0.1) is 35.3 Å². The van der Waals surface area contributed by atoms with E-state index in [1.54, 1.807) is 48.0 Å². The Balaban J connectivity index is 1.93. The van der Waals surface area contributed by atoms with Crippen LogP contribution in [0.15, 0.2) is 47.4 Å². The summed E-state index contributed by atoms with van der Waals surface area (Å²) in [7, 11) is 1.83. The molecule has 47 heavy (non-hydrogen) atoms. The molecular formula is C35H54N4O7S. The van der Waals surface area contributed by atoms with Crippen LogP contribution in [0.5, 0.6) is 5.75 Å². The number of amides is 2. The molecule has 4 atom stereocenters. The zero-order valence-corrected chi connectivity index (χ0v) is 29.9. The lowest BCUT2D eigenvalue weighted by Crippen LogP contribution is -2.48. The van der Waals surface area contributed by atoms with Gasteiger partial charge in [-0.25, -0.2) is 8.42 Å². The number of anilines is 1. The fourth-order valence-electron chi connectivity index (χ4n) is 5.49. The lowest BCUT2D eigenvalue weighted by molar-refractivity contribution is -0.132. The van der Waals surface area contributed by atoms with Gasteiger partial charge >= 0.3 is 0 Å². The summed E-state index contributed by atoms with van der Waals surface area (Å²) in [6.07, 6.45) is 3.00. The van der Waals surface area contributed by atoms with Gasteiger partial charge in [-0.15, -0.1) is 0 Å². The van der Waals surface area contributed by atoms with Crippen molar-refractivity contribution in [1.29, 1.82) is 0 Å². The molecule has 1 aliphatic rings. The summed E-state index contributed by atoms with van der Waals surface area (Å²) in [5, 5.41) is 10.2. The number of aliphatic hydroxyl groups excluding tert-OH is 1. The largest absolute Gasteiger partial charge is 0.490 e. The van der Waals surface area contributed by atoms with Crippen LogP contribution in [0.25, 0.3) is 0 Å². The average Bonchev–Trinajstić information content (AvgIpc) is 3.02. The number of benzene rings is 2. The number of sulfonamides is 1. The second kappa shape index (κ2) is 17.8. The van der Waals surface area contributed by atoms with Crippen LogP contribution in [-0.2, 0) is 19.6 Å². The van der Waals surface area contributed by atoms with Crippen LogP contribution >= 0.6 is 0 Å². The van der Waals surface area contributed by atoms with E-state index in [-0.39, 0.29) is 53.3 Å². The summed E-state index contributed by atoms with van der Waals surface area (Å²) in [4.78, 5) is 32.7. The lowest BCUT2D eigenvalue weighted by atomic mass is 10.0. The Morgan fingerprint density at radius 2 is 1.81 bits per heavy atom. The third-order valence-corrected chi connectivity index (χ3v) is 9.91. The first-order valence-corrected chi connectivity index (χ1v) is 18.0. The van der Waals surface area contributed by atoms with Crippen molar-refractivity contribution in [2.45, 2.75) is 82.9 Å². The predicted molar refractivity (Wildman–Crippen MR) is 184 cm³/mol. The zero-order chi connectivity index (χ0) is 34.7. The SMILES string of the molecule is Cc1ccc(S(=O)(=O)Nc2ccc3c(c2)C(=O)N([C@H](C)CO)C[C@@H](C)[C@@H](CN(C)C(=O)CCCN(C)C)OCCCC[C@@H](C)O3)cc1. The van der Waals surface area contributed by atoms with E-state index >= 15 is 0 Å². The normalized spacial score (nSPS) is 20.6. The Hall–Kier alpha value is -3.19. The molecule has 11 nitrogen and oxygen atoms in total. The molecule has 2 N–H and O–H groups in total. The number of rotatable bonds is 11. The lowest BCUT2D eigenvalue weighted by Gasteiger charge is -2.36. The Bertz CT molecular complexity index is 1420. The first kappa shape index (κ1) is 38.3. The van der Waals surface area contributed by atoms with Crippen molar-refractivity contribution in [3.63, 3.8) is 0 Å². The number of hydrogen-bond acceptors (Lipinski definition) is 8. The molecule has 0 spiro atoms. The highest BCUT2D eigenvalue weighted by molar-refractivity contribution is 7.92. The van der Waals surface area contributed by atoms with E-state index in [9.17, 15) is 23.1 Å². The molecule has 0 saturated carbocycles. The molecular weight excluding hydrogens is 620 g/mol. The number of fused-ring (bicyclic) bond motifs is 1. The van der Waals surface area contributed by atoms with Gasteiger partial charge in [-0.1, -0.05) is 24.6 Å². The predicted octanol–water partition coefficient (Wildman–Crippen LogP) is 4.39. The molecule has 0 radical (unpaired) electrons. The van der Waals surface area contributed by atoms with E-state index in [2.05, 4.69) is 9.62 Å². The summed E-state index contributed by atoms with van der Waals surface area (Å²) < 4.78 is 41.6. The van der Waals surface area contributed by atoms with Gasteiger partial charge in [0.15, 0.2) is 0 Å². The first-order valence-electron chi connectivity index (χ1n) is 16.5. The van der Waals surface area contributed by atoms with Crippen molar-refractivity contribution in [2.24, 2.45) is 5.92 Å². The highest BCUT2D eigenvalue weighted by Gasteiger charge is 2.31. The zero-order valence-electron chi connectivity index (χ0n) is 29.1. The summed E-state index contributed by atoms with van der Waals surface area (Å²) in [5.41, 5.74) is 1.34. The number of carbonyl (C=O) groups is 2. The van der Waals surface area contributed by atoms with Crippen LogP contribution in [0, 0.1) is 12.8 Å². The molecule has 1 heterocycles. The molecule has 2 aromatic rings. The van der Waals surface area contributed by atoms with Gasteiger partial charge < -0.3 is 29.3 Å². The number of likely N-dealkylation sites (N-methyl/N-ethyl adjacent to an activating group) is 1. The van der Waals surface area contributed by atoms with E-state index in [1.165, 1.54) is 18.2 Å². The highest BCUT2D eigenvalue weighted by atomic mass is 32.2. The van der Waals surface area contributed by atoms with Gasteiger partial charge in [0.2, 0.25) is 5.91 Å². The molecule has 0 aliphatic carbocycles. The van der Waals surface area contributed by atoms with Gasteiger partial charge in [0.25, 0.3) is 15.9 Å². The Kier molecular flexibility index (Phi) is 14.5. The number of carbonyl (C=O) groups excluding carboxylic acids is 2. The second-order valence-corrected chi connectivity index (χ2v) is 14.8. The van der Waals surface area contributed by atoms with E-state index in [0.29, 0.717) is 25.3 Å². The molecule has 1 aliphatic heterocycles. The standard InChI is InChI=1S/C35H54N4O7S/c1-25-13-16-30(17-14-25)47(43,44)36-29-15-18-32-31(21-29)35(42)39(27(3)24-40)22-26(2)33(45-20-9-8-11-28(4)46-32)23-38(7)34(41)12-10-19-37(5)6/h13-18,21,26-28,33,36,40H,8-12,19-20,22-24H2,1-7H3/t26-,27-,28-,33-/m1/s1. The fourth-order valence-corrected chi connectivity index (χ4v) is 6.54. The number of aryl methyl sites for hydroxylation is 1. The van der Waals surface area contributed by atoms with Crippen LogP contribution < -0.4 is 9.46 Å². The number of hydrogen-bond donors (Lipinski definition) is 2. The van der Waals surface area contributed by atoms with Crippen molar-refractivity contribution in [3.8, 4) is 5.75 Å². The van der Waals surface area contributed by atoms with Crippen LogP contribution in [-0.4, -0.2) is 112 Å². The Labute approximate surface area is 281 Å². The maximum atomic E-state index is 14.3. The molecule has 3 rings (SSSR count). The number of nitrogens with one attached hydrogen (secondary N) is 1. The van der Waals surface area contributed by atoms with Crippen molar-refractivity contribution in [2.75, 3.05) is 58.7 Å². The molecule has 262 valence electrons. The van der Waals surface area contributed by atoms with Gasteiger partial charge in [-0.05, 0) is 97.4 Å². The summed E-state index contributed by atoms with van der Waals surface area (Å²) >= 11 is 0. The van der Waals surface area contributed by atoms with Crippen LogP contribution in [0.1, 0.15) is 68.8 Å². The smallest absolute Gasteiger partial charge is 0.261 e. The minimum atomic E-state index is -3.92. The first-order chi connectivity index (χ1) is 22.2. The number of ether oxygens (including phenoxy) is 2.